The second-order valence-electron chi connectivity index (χ2n) is 6.60. The SMILES string of the molecule is CCN(CC(=O)Nc1c(Cl)cccc1Cl)C(=O)[C@H]1CCC[C@H](C(F)(F)F)C1. The molecule has 27 heavy (non-hydrogen) atoms. The smallest absolute Gasteiger partial charge is 0.333 e. The Morgan fingerprint density at radius 1 is 1.22 bits per heavy atom. The van der Waals surface area contributed by atoms with Crippen molar-refractivity contribution in [3.63, 3.8) is 0 Å². The number of hydrogen-bond donors (Lipinski definition) is 1. The van der Waals surface area contributed by atoms with Gasteiger partial charge in [-0.3, -0.25) is 9.59 Å². The highest BCUT2D eigenvalue weighted by molar-refractivity contribution is 6.39. The van der Waals surface area contributed by atoms with E-state index in [9.17, 15) is 22.8 Å². The molecule has 0 spiro atoms. The van der Waals surface area contributed by atoms with Crippen molar-refractivity contribution in [2.75, 3.05) is 18.4 Å². The van der Waals surface area contributed by atoms with Crippen LogP contribution in [0.15, 0.2) is 18.2 Å². The minimum atomic E-state index is -4.30. The third-order valence-electron chi connectivity index (χ3n) is 4.74. The lowest BCUT2D eigenvalue weighted by Crippen LogP contribution is -2.43. The molecule has 0 aromatic heterocycles. The highest BCUT2D eigenvalue weighted by Gasteiger charge is 2.44. The molecule has 1 aromatic rings. The van der Waals surface area contributed by atoms with Gasteiger partial charge in [0.15, 0.2) is 0 Å². The van der Waals surface area contributed by atoms with E-state index in [1.54, 1.807) is 25.1 Å². The molecular weight excluding hydrogens is 404 g/mol. The zero-order valence-corrected chi connectivity index (χ0v) is 16.3. The third-order valence-corrected chi connectivity index (χ3v) is 5.37. The van der Waals surface area contributed by atoms with Crippen LogP contribution in [0.4, 0.5) is 18.9 Å². The lowest BCUT2D eigenvalue weighted by molar-refractivity contribution is -0.187. The number of carbonyl (C=O) groups is 2. The van der Waals surface area contributed by atoms with Crippen LogP contribution in [0.2, 0.25) is 10.0 Å². The first-order valence-corrected chi connectivity index (χ1v) is 9.48. The number of alkyl halides is 3. The molecule has 1 aromatic carbocycles. The van der Waals surface area contributed by atoms with E-state index in [0.717, 1.165) is 0 Å². The van der Waals surface area contributed by atoms with Crippen LogP contribution in [-0.2, 0) is 9.59 Å². The highest BCUT2D eigenvalue weighted by atomic mass is 35.5. The number of para-hydroxylation sites is 1. The second-order valence-corrected chi connectivity index (χ2v) is 7.41. The van der Waals surface area contributed by atoms with Crippen LogP contribution >= 0.6 is 23.2 Å². The van der Waals surface area contributed by atoms with E-state index in [1.165, 1.54) is 4.90 Å². The molecule has 0 unspecified atom stereocenters. The van der Waals surface area contributed by atoms with Gasteiger partial charge < -0.3 is 10.2 Å². The minimum absolute atomic E-state index is 0.0465. The Hall–Kier alpha value is -1.47. The maximum Gasteiger partial charge on any atom is 0.391 e. The molecule has 150 valence electrons. The van der Waals surface area contributed by atoms with Crippen molar-refractivity contribution in [3.8, 4) is 0 Å². The Morgan fingerprint density at radius 3 is 2.41 bits per heavy atom. The summed E-state index contributed by atoms with van der Waals surface area (Å²) in [6, 6.07) is 4.75. The Kier molecular flexibility index (Phi) is 7.40. The first-order chi connectivity index (χ1) is 12.6. The number of carbonyl (C=O) groups excluding carboxylic acids is 2. The number of rotatable bonds is 5. The molecule has 4 nitrogen and oxygen atoms in total. The Labute approximate surface area is 166 Å². The maximum absolute atomic E-state index is 13.0. The largest absolute Gasteiger partial charge is 0.391 e. The van der Waals surface area contributed by atoms with Gasteiger partial charge in [0.25, 0.3) is 0 Å². The molecular formula is C18H21Cl2F3N2O2. The van der Waals surface area contributed by atoms with E-state index < -0.39 is 29.8 Å². The minimum Gasteiger partial charge on any atom is -0.333 e. The number of likely N-dealkylation sites (N-methyl/N-ethyl adjacent to an activating group) is 1. The fourth-order valence-electron chi connectivity index (χ4n) is 3.28. The van der Waals surface area contributed by atoms with Crippen molar-refractivity contribution >= 4 is 40.7 Å². The van der Waals surface area contributed by atoms with Gasteiger partial charge in [-0.1, -0.05) is 35.7 Å². The van der Waals surface area contributed by atoms with Gasteiger partial charge in [-0.2, -0.15) is 13.2 Å². The Bertz CT molecular complexity index is 677. The molecule has 2 atom stereocenters. The van der Waals surface area contributed by atoms with E-state index >= 15 is 0 Å². The van der Waals surface area contributed by atoms with Crippen molar-refractivity contribution in [1.29, 1.82) is 0 Å². The van der Waals surface area contributed by atoms with E-state index in [-0.39, 0.29) is 41.7 Å². The first-order valence-electron chi connectivity index (χ1n) is 8.72. The molecule has 1 N–H and O–H groups in total. The van der Waals surface area contributed by atoms with Crippen molar-refractivity contribution in [2.24, 2.45) is 11.8 Å². The molecule has 2 amide bonds. The van der Waals surface area contributed by atoms with Crippen molar-refractivity contribution in [1.82, 2.24) is 4.90 Å². The number of hydrogen-bond acceptors (Lipinski definition) is 2. The number of benzene rings is 1. The quantitative estimate of drug-likeness (QED) is 0.710. The normalized spacial score (nSPS) is 20.2. The summed E-state index contributed by atoms with van der Waals surface area (Å²) in [5.74, 6) is -3.12. The van der Waals surface area contributed by atoms with Gasteiger partial charge in [-0.25, -0.2) is 0 Å². The predicted octanol–water partition coefficient (Wildman–Crippen LogP) is 5.15. The monoisotopic (exact) mass is 424 g/mol. The van der Waals surface area contributed by atoms with Crippen LogP contribution in [0, 0.1) is 11.8 Å². The molecule has 0 heterocycles. The molecule has 0 radical (unpaired) electrons. The Morgan fingerprint density at radius 2 is 1.85 bits per heavy atom. The average molecular weight is 425 g/mol. The molecule has 0 aliphatic heterocycles. The summed E-state index contributed by atoms with van der Waals surface area (Å²) in [5.41, 5.74) is 0.240. The summed E-state index contributed by atoms with van der Waals surface area (Å²) < 4.78 is 38.9. The third kappa shape index (κ3) is 5.75. The lowest BCUT2D eigenvalue weighted by atomic mass is 9.80. The van der Waals surface area contributed by atoms with Gasteiger partial charge >= 0.3 is 6.18 Å². The molecule has 9 heteroatoms. The van der Waals surface area contributed by atoms with E-state index in [4.69, 9.17) is 23.2 Å². The average Bonchev–Trinajstić information content (AvgIpc) is 2.61. The van der Waals surface area contributed by atoms with Crippen LogP contribution in [-0.4, -0.2) is 36.0 Å². The summed E-state index contributed by atoms with van der Waals surface area (Å²) >= 11 is 12.0. The van der Waals surface area contributed by atoms with Crippen molar-refractivity contribution in [2.45, 2.75) is 38.8 Å². The number of halogens is 5. The summed E-state index contributed by atoms with van der Waals surface area (Å²) in [5, 5.41) is 3.07. The van der Waals surface area contributed by atoms with Crippen LogP contribution in [0.25, 0.3) is 0 Å². The number of nitrogens with zero attached hydrogens (tertiary/aromatic N) is 1. The van der Waals surface area contributed by atoms with Gasteiger partial charge in [-0.05, 0) is 38.3 Å². The molecule has 1 aliphatic rings. The van der Waals surface area contributed by atoms with Gasteiger partial charge in [0.2, 0.25) is 11.8 Å². The summed E-state index contributed by atoms with van der Waals surface area (Å²) in [6.45, 7) is 1.62. The van der Waals surface area contributed by atoms with Crippen LogP contribution in [0.3, 0.4) is 0 Å². The summed E-state index contributed by atoms with van der Waals surface area (Å²) in [7, 11) is 0. The van der Waals surface area contributed by atoms with E-state index in [1.807, 2.05) is 0 Å². The molecule has 0 bridgehead atoms. The molecule has 0 saturated heterocycles. The zero-order chi connectivity index (χ0) is 20.2. The van der Waals surface area contributed by atoms with Crippen molar-refractivity contribution in [3.05, 3.63) is 28.2 Å². The standard InChI is InChI=1S/C18H21Cl2F3N2O2/c1-2-25(10-15(26)24-16-13(19)7-4-8-14(16)20)17(27)11-5-3-6-12(9-11)18(21,22)23/h4,7-8,11-12H,2-3,5-6,9-10H2,1H3,(H,24,26)/t11-,12-/m0/s1. The Balaban J connectivity index is 2.01. The fourth-order valence-corrected chi connectivity index (χ4v) is 3.78. The molecule has 1 fully saturated rings. The van der Waals surface area contributed by atoms with Gasteiger partial charge in [0, 0.05) is 12.5 Å². The first kappa shape index (κ1) is 21.8. The number of anilines is 1. The second kappa shape index (κ2) is 9.15. The summed E-state index contributed by atoms with van der Waals surface area (Å²) in [6.07, 6.45) is -3.73. The molecule has 1 aliphatic carbocycles. The zero-order valence-electron chi connectivity index (χ0n) is 14.8. The number of nitrogens with one attached hydrogen (secondary N) is 1. The van der Waals surface area contributed by atoms with Crippen LogP contribution in [0.1, 0.15) is 32.6 Å². The predicted molar refractivity (Wildman–Crippen MR) is 98.8 cm³/mol. The highest BCUT2D eigenvalue weighted by Crippen LogP contribution is 2.40. The van der Waals surface area contributed by atoms with E-state index in [2.05, 4.69) is 5.32 Å². The van der Waals surface area contributed by atoms with Crippen LogP contribution in [0.5, 0.6) is 0 Å². The van der Waals surface area contributed by atoms with Crippen LogP contribution < -0.4 is 5.32 Å². The molecule has 2 rings (SSSR count). The molecule has 1 saturated carbocycles. The summed E-state index contributed by atoms with van der Waals surface area (Å²) in [4.78, 5) is 26.2. The topological polar surface area (TPSA) is 49.4 Å². The van der Waals surface area contributed by atoms with Gasteiger partial charge in [0.1, 0.15) is 0 Å². The fraction of sp³-hybridized carbons (Fsp3) is 0.556. The number of amides is 2. The lowest BCUT2D eigenvalue weighted by Gasteiger charge is -2.33. The van der Waals surface area contributed by atoms with Gasteiger partial charge in [0.05, 0.1) is 28.2 Å². The van der Waals surface area contributed by atoms with Crippen molar-refractivity contribution < 1.29 is 22.8 Å². The van der Waals surface area contributed by atoms with Gasteiger partial charge in [-0.15, -0.1) is 0 Å². The van der Waals surface area contributed by atoms with E-state index in [0.29, 0.717) is 12.8 Å². The maximum atomic E-state index is 13.0.